The van der Waals surface area contributed by atoms with Gasteiger partial charge in [-0.2, -0.15) is 0 Å². The number of ether oxygens (including phenoxy) is 2. The SMILES string of the molecule is CCOC(=O)[C@@H]1CN(C(=O)OC(C)(C)C)CC[C@H]1N[C@H](C)c1ccccc1. The van der Waals surface area contributed by atoms with Gasteiger partial charge >= 0.3 is 12.1 Å². The Kier molecular flexibility index (Phi) is 7.25. The maximum absolute atomic E-state index is 12.5. The molecule has 1 aliphatic heterocycles. The van der Waals surface area contributed by atoms with Crippen molar-refractivity contribution in [3.63, 3.8) is 0 Å². The largest absolute Gasteiger partial charge is 0.466 e. The number of nitrogens with one attached hydrogen (secondary N) is 1. The second-order valence-electron chi connectivity index (χ2n) is 7.98. The van der Waals surface area contributed by atoms with Crippen molar-refractivity contribution in [1.82, 2.24) is 10.2 Å². The molecule has 0 unspecified atom stereocenters. The van der Waals surface area contributed by atoms with Crippen molar-refractivity contribution >= 4 is 12.1 Å². The zero-order chi connectivity index (χ0) is 20.0. The van der Waals surface area contributed by atoms with Crippen LogP contribution in [0.5, 0.6) is 0 Å². The highest BCUT2D eigenvalue weighted by molar-refractivity contribution is 5.76. The van der Waals surface area contributed by atoms with E-state index in [1.165, 1.54) is 0 Å². The number of hydrogen-bond acceptors (Lipinski definition) is 5. The second-order valence-corrected chi connectivity index (χ2v) is 7.98. The van der Waals surface area contributed by atoms with Crippen LogP contribution in [-0.4, -0.2) is 48.3 Å². The summed E-state index contributed by atoms with van der Waals surface area (Å²) in [7, 11) is 0. The third-order valence-corrected chi connectivity index (χ3v) is 4.62. The molecule has 6 nitrogen and oxygen atoms in total. The van der Waals surface area contributed by atoms with Crippen LogP contribution in [0.2, 0.25) is 0 Å². The van der Waals surface area contributed by atoms with Gasteiger partial charge in [0.2, 0.25) is 0 Å². The Balaban J connectivity index is 2.08. The second kappa shape index (κ2) is 9.22. The van der Waals surface area contributed by atoms with Crippen LogP contribution in [0.15, 0.2) is 30.3 Å². The van der Waals surface area contributed by atoms with Gasteiger partial charge in [-0.15, -0.1) is 0 Å². The first-order valence-corrected chi connectivity index (χ1v) is 9.67. The number of likely N-dealkylation sites (tertiary alicyclic amines) is 1. The molecule has 0 saturated carbocycles. The van der Waals surface area contributed by atoms with Crippen molar-refractivity contribution in [2.45, 2.75) is 58.7 Å². The lowest BCUT2D eigenvalue weighted by Crippen LogP contribution is -2.55. The number of amides is 1. The molecular formula is C21H32N2O4. The lowest BCUT2D eigenvalue weighted by molar-refractivity contribution is -0.151. The highest BCUT2D eigenvalue weighted by Gasteiger charge is 2.38. The number of rotatable bonds is 5. The molecule has 3 atom stereocenters. The summed E-state index contributed by atoms with van der Waals surface area (Å²) >= 11 is 0. The lowest BCUT2D eigenvalue weighted by Gasteiger charge is -2.39. The average Bonchev–Trinajstić information content (AvgIpc) is 2.61. The number of hydrogen-bond donors (Lipinski definition) is 1. The van der Waals surface area contributed by atoms with Crippen LogP contribution < -0.4 is 5.32 Å². The van der Waals surface area contributed by atoms with Crippen LogP contribution in [0.1, 0.15) is 52.6 Å². The Labute approximate surface area is 162 Å². The fourth-order valence-electron chi connectivity index (χ4n) is 3.29. The highest BCUT2D eigenvalue weighted by atomic mass is 16.6. The molecule has 150 valence electrons. The summed E-state index contributed by atoms with van der Waals surface area (Å²) in [6, 6.07) is 10.2. The number of esters is 1. The first kappa shape index (κ1) is 21.2. The van der Waals surface area contributed by atoms with Crippen molar-refractivity contribution in [3.8, 4) is 0 Å². The molecule has 0 spiro atoms. The van der Waals surface area contributed by atoms with E-state index >= 15 is 0 Å². The minimum atomic E-state index is -0.562. The van der Waals surface area contributed by atoms with Crippen molar-refractivity contribution in [2.75, 3.05) is 19.7 Å². The molecule has 1 fully saturated rings. The topological polar surface area (TPSA) is 67.9 Å². The molecule has 1 heterocycles. The quantitative estimate of drug-likeness (QED) is 0.797. The van der Waals surface area contributed by atoms with E-state index in [0.29, 0.717) is 26.1 Å². The van der Waals surface area contributed by atoms with E-state index in [4.69, 9.17) is 9.47 Å². The zero-order valence-electron chi connectivity index (χ0n) is 17.0. The molecule has 1 aromatic carbocycles. The minimum absolute atomic E-state index is 0.0575. The smallest absolute Gasteiger partial charge is 0.410 e. The number of carbonyl (C=O) groups excluding carboxylic acids is 2. The van der Waals surface area contributed by atoms with Crippen molar-refractivity contribution in [2.24, 2.45) is 5.92 Å². The maximum atomic E-state index is 12.5. The Bertz CT molecular complexity index is 627. The van der Waals surface area contributed by atoms with Gasteiger partial charge in [0.15, 0.2) is 0 Å². The van der Waals surface area contributed by atoms with Gasteiger partial charge in [-0.05, 0) is 46.6 Å². The third-order valence-electron chi connectivity index (χ3n) is 4.62. The van der Waals surface area contributed by atoms with Gasteiger partial charge in [-0.1, -0.05) is 30.3 Å². The van der Waals surface area contributed by atoms with E-state index in [9.17, 15) is 9.59 Å². The Morgan fingerprint density at radius 1 is 1.26 bits per heavy atom. The molecule has 0 radical (unpaired) electrons. The van der Waals surface area contributed by atoms with E-state index < -0.39 is 11.5 Å². The molecule has 1 amide bonds. The van der Waals surface area contributed by atoms with Gasteiger partial charge in [0, 0.05) is 25.2 Å². The standard InChI is InChI=1S/C21H32N2O4/c1-6-26-19(24)17-14-23(20(25)27-21(3,4)5)13-12-18(17)22-15(2)16-10-8-7-9-11-16/h7-11,15,17-18,22H,6,12-14H2,1-5H3/t15-,17-,18-/m1/s1. The summed E-state index contributed by atoms with van der Waals surface area (Å²) in [5.41, 5.74) is 0.600. The van der Waals surface area contributed by atoms with Gasteiger partial charge in [0.1, 0.15) is 5.60 Å². The Morgan fingerprint density at radius 3 is 2.52 bits per heavy atom. The fourth-order valence-corrected chi connectivity index (χ4v) is 3.29. The molecule has 1 saturated heterocycles. The van der Waals surface area contributed by atoms with Crippen LogP contribution in [0.25, 0.3) is 0 Å². The van der Waals surface area contributed by atoms with E-state index in [0.717, 1.165) is 5.56 Å². The third kappa shape index (κ3) is 6.24. The monoisotopic (exact) mass is 376 g/mol. The summed E-state index contributed by atoms with van der Waals surface area (Å²) in [6.45, 7) is 10.6. The molecule has 0 aromatic heterocycles. The van der Waals surface area contributed by atoms with Crippen LogP contribution in [0, 0.1) is 5.92 Å². The summed E-state index contributed by atoms with van der Waals surface area (Å²) < 4.78 is 10.7. The zero-order valence-corrected chi connectivity index (χ0v) is 17.0. The number of nitrogens with zero attached hydrogens (tertiary/aromatic N) is 1. The number of carbonyl (C=O) groups is 2. The Hall–Kier alpha value is -2.08. The molecule has 6 heteroatoms. The molecule has 0 bridgehead atoms. The minimum Gasteiger partial charge on any atom is -0.466 e. The molecular weight excluding hydrogens is 344 g/mol. The molecule has 1 N–H and O–H groups in total. The highest BCUT2D eigenvalue weighted by Crippen LogP contribution is 2.24. The van der Waals surface area contributed by atoms with E-state index in [2.05, 4.69) is 24.4 Å². The lowest BCUT2D eigenvalue weighted by atomic mass is 9.91. The van der Waals surface area contributed by atoms with Gasteiger partial charge in [0.25, 0.3) is 0 Å². The van der Waals surface area contributed by atoms with Gasteiger partial charge in [0.05, 0.1) is 12.5 Å². The van der Waals surface area contributed by atoms with Crippen LogP contribution in [-0.2, 0) is 14.3 Å². The average molecular weight is 376 g/mol. The summed E-state index contributed by atoms with van der Waals surface area (Å²) in [5, 5.41) is 3.55. The van der Waals surface area contributed by atoms with E-state index in [1.54, 1.807) is 11.8 Å². The molecule has 2 rings (SSSR count). The van der Waals surface area contributed by atoms with Gasteiger partial charge in [-0.3, -0.25) is 4.79 Å². The van der Waals surface area contributed by atoms with Gasteiger partial charge in [-0.25, -0.2) is 4.79 Å². The summed E-state index contributed by atoms with van der Waals surface area (Å²) in [4.78, 5) is 26.6. The van der Waals surface area contributed by atoms with Crippen LogP contribution in [0.3, 0.4) is 0 Å². The predicted octanol–water partition coefficient (Wildman–Crippen LogP) is 3.53. The predicted molar refractivity (Wildman–Crippen MR) is 104 cm³/mol. The first-order chi connectivity index (χ1) is 12.7. The van der Waals surface area contributed by atoms with Crippen molar-refractivity contribution in [3.05, 3.63) is 35.9 Å². The first-order valence-electron chi connectivity index (χ1n) is 9.67. The normalized spacial score (nSPS) is 21.4. The molecule has 1 aliphatic rings. The van der Waals surface area contributed by atoms with Crippen LogP contribution in [0.4, 0.5) is 4.79 Å². The van der Waals surface area contributed by atoms with E-state index in [-0.39, 0.29) is 24.1 Å². The molecule has 0 aliphatic carbocycles. The summed E-state index contributed by atoms with van der Waals surface area (Å²) in [5.74, 6) is -0.694. The van der Waals surface area contributed by atoms with Crippen molar-refractivity contribution in [1.29, 1.82) is 0 Å². The number of benzene rings is 1. The maximum Gasteiger partial charge on any atom is 0.410 e. The summed E-state index contributed by atoms with van der Waals surface area (Å²) in [6.07, 6.45) is 0.284. The van der Waals surface area contributed by atoms with Crippen molar-refractivity contribution < 1.29 is 19.1 Å². The molecule has 27 heavy (non-hydrogen) atoms. The van der Waals surface area contributed by atoms with Crippen LogP contribution >= 0.6 is 0 Å². The van der Waals surface area contributed by atoms with Gasteiger partial charge < -0.3 is 19.7 Å². The number of piperidine rings is 1. The van der Waals surface area contributed by atoms with E-state index in [1.807, 2.05) is 39.0 Å². The fraction of sp³-hybridized carbons (Fsp3) is 0.619. The molecule has 1 aromatic rings. The Morgan fingerprint density at radius 2 is 1.93 bits per heavy atom.